The number of carbonyl (C=O) groups is 1. The fourth-order valence-electron chi connectivity index (χ4n) is 1.12. The van der Waals surface area contributed by atoms with Gasteiger partial charge in [0.1, 0.15) is 12.3 Å². The predicted molar refractivity (Wildman–Crippen MR) is 80.9 cm³/mol. The van der Waals surface area contributed by atoms with E-state index in [1.54, 1.807) is 12.1 Å². The Labute approximate surface area is 127 Å². The molecule has 0 aliphatic carbocycles. The Morgan fingerprint density at radius 2 is 2.44 bits per heavy atom. The molecule has 0 fully saturated rings. The zero-order chi connectivity index (χ0) is 13.4. The highest BCUT2D eigenvalue weighted by Gasteiger charge is 2.05. The van der Waals surface area contributed by atoms with Crippen LogP contribution in [0.3, 0.4) is 0 Å². The van der Waals surface area contributed by atoms with E-state index >= 15 is 0 Å². The highest BCUT2D eigenvalue weighted by molar-refractivity contribution is 14.1. The van der Waals surface area contributed by atoms with E-state index in [-0.39, 0.29) is 12.3 Å². The number of aldehydes is 1. The number of allylic oxidation sites excluding steroid dienone is 2. The molecule has 0 radical (unpaired) electrons. The highest BCUT2D eigenvalue weighted by atomic mass is 127. The third-order valence-electron chi connectivity index (χ3n) is 1.92. The van der Waals surface area contributed by atoms with Gasteiger partial charge in [0.15, 0.2) is 12.0 Å². The summed E-state index contributed by atoms with van der Waals surface area (Å²) in [6, 6.07) is 1.55. The molecule has 1 aromatic rings. The molecule has 0 aromatic carbocycles. The van der Waals surface area contributed by atoms with Gasteiger partial charge < -0.3 is 9.26 Å². The number of ether oxygens (including phenoxy) is 1. The maximum atomic E-state index is 10.4. The van der Waals surface area contributed by atoms with Gasteiger partial charge >= 0.3 is 0 Å². The topological polar surface area (TPSA) is 52.3 Å². The molecule has 0 spiro atoms. The van der Waals surface area contributed by atoms with E-state index in [4.69, 9.17) is 9.26 Å². The highest BCUT2D eigenvalue weighted by Crippen LogP contribution is 2.20. The Morgan fingerprint density at radius 1 is 1.67 bits per heavy atom. The van der Waals surface area contributed by atoms with Crippen LogP contribution in [0.15, 0.2) is 43.5 Å². The smallest absolute Gasteiger partial charge is 0.171 e. The van der Waals surface area contributed by atoms with Crippen molar-refractivity contribution in [3.05, 3.63) is 50.4 Å². The number of halogens is 2. The number of aromatic nitrogens is 1. The van der Waals surface area contributed by atoms with Crippen molar-refractivity contribution in [3.8, 4) is 0 Å². The summed E-state index contributed by atoms with van der Waals surface area (Å²) in [5, 5.41) is 3.54. The molecule has 0 saturated heterocycles. The zero-order valence-corrected chi connectivity index (χ0v) is 13.2. The normalized spacial score (nSPS) is 12.6. The third kappa shape index (κ3) is 4.87. The Hall–Kier alpha value is -0.730. The summed E-state index contributed by atoms with van der Waals surface area (Å²) in [6.07, 6.45) is 4.18. The van der Waals surface area contributed by atoms with E-state index in [1.165, 1.54) is 0 Å². The standard InChI is InChI=1S/C12H11BrINO3/c1-2-3-9(12(13)5-14)7-17-8-11-4-10(6-16)15-18-11/h2-6H,1,7-8H2/b9-3-,12-5+. The molecule has 1 rings (SSSR count). The minimum Gasteiger partial charge on any atom is -0.369 e. The first-order valence-electron chi connectivity index (χ1n) is 4.97. The molecule has 4 nitrogen and oxygen atoms in total. The van der Waals surface area contributed by atoms with Crippen molar-refractivity contribution in [3.63, 3.8) is 0 Å². The van der Waals surface area contributed by atoms with Crippen LogP contribution < -0.4 is 0 Å². The average molecular weight is 424 g/mol. The lowest BCUT2D eigenvalue weighted by molar-refractivity contribution is 0.111. The van der Waals surface area contributed by atoms with E-state index in [1.807, 2.05) is 10.2 Å². The molecular weight excluding hydrogens is 413 g/mol. The first-order chi connectivity index (χ1) is 8.71. The van der Waals surface area contributed by atoms with E-state index in [9.17, 15) is 4.79 Å². The van der Waals surface area contributed by atoms with Crippen LogP contribution in [-0.2, 0) is 11.3 Å². The zero-order valence-electron chi connectivity index (χ0n) is 9.44. The summed E-state index contributed by atoms with van der Waals surface area (Å²) in [5.41, 5.74) is 1.23. The molecule has 1 aromatic heterocycles. The van der Waals surface area contributed by atoms with Crippen LogP contribution in [0.25, 0.3) is 0 Å². The molecule has 0 unspecified atom stereocenters. The van der Waals surface area contributed by atoms with Crippen molar-refractivity contribution in [2.24, 2.45) is 0 Å². The fraction of sp³-hybridized carbons (Fsp3) is 0.167. The molecule has 0 aliphatic rings. The molecule has 96 valence electrons. The Morgan fingerprint density at radius 3 is 3.00 bits per heavy atom. The van der Waals surface area contributed by atoms with Crippen molar-refractivity contribution in [1.82, 2.24) is 5.16 Å². The van der Waals surface area contributed by atoms with Gasteiger partial charge in [0.25, 0.3) is 0 Å². The van der Waals surface area contributed by atoms with Crippen LogP contribution in [-0.4, -0.2) is 18.0 Å². The molecule has 1 heterocycles. The lowest BCUT2D eigenvalue weighted by Gasteiger charge is -2.05. The second-order valence-electron chi connectivity index (χ2n) is 3.21. The van der Waals surface area contributed by atoms with E-state index in [2.05, 4.69) is 50.3 Å². The first kappa shape index (κ1) is 15.3. The second kappa shape index (κ2) is 8.39. The molecule has 0 saturated carbocycles. The minimum absolute atomic E-state index is 0.261. The van der Waals surface area contributed by atoms with Gasteiger partial charge in [-0.1, -0.05) is 46.5 Å². The fourth-order valence-corrected chi connectivity index (χ4v) is 1.77. The average Bonchev–Trinajstić information content (AvgIpc) is 2.85. The first-order valence-corrected chi connectivity index (χ1v) is 7.01. The Bertz CT molecular complexity index is 479. The molecular formula is C12H11BrINO3. The van der Waals surface area contributed by atoms with Crippen molar-refractivity contribution in [2.45, 2.75) is 6.61 Å². The maximum absolute atomic E-state index is 10.4. The number of hydrogen-bond donors (Lipinski definition) is 0. The maximum Gasteiger partial charge on any atom is 0.171 e. The Balaban J connectivity index is 2.51. The van der Waals surface area contributed by atoms with Crippen LogP contribution in [0.4, 0.5) is 0 Å². The van der Waals surface area contributed by atoms with Crippen LogP contribution in [0, 0.1) is 0 Å². The SMILES string of the molecule is C=C/C=C(COCc1cc(C=O)no1)\C(Br)=C/I. The summed E-state index contributed by atoms with van der Waals surface area (Å²) in [4.78, 5) is 10.4. The van der Waals surface area contributed by atoms with Crippen LogP contribution in [0.2, 0.25) is 0 Å². The van der Waals surface area contributed by atoms with Gasteiger partial charge in [0, 0.05) is 10.5 Å². The van der Waals surface area contributed by atoms with E-state index in [0.717, 1.165) is 10.1 Å². The largest absolute Gasteiger partial charge is 0.369 e. The molecule has 0 amide bonds. The molecule has 0 aliphatic heterocycles. The van der Waals surface area contributed by atoms with E-state index in [0.29, 0.717) is 18.7 Å². The Kier molecular flexibility index (Phi) is 7.14. The quantitative estimate of drug-likeness (QED) is 0.380. The summed E-state index contributed by atoms with van der Waals surface area (Å²) in [7, 11) is 0. The minimum atomic E-state index is 0.261. The monoisotopic (exact) mass is 423 g/mol. The molecule has 6 heteroatoms. The second-order valence-corrected chi connectivity index (χ2v) is 4.69. The number of hydrogen-bond acceptors (Lipinski definition) is 4. The lowest BCUT2D eigenvalue weighted by atomic mass is 10.2. The van der Waals surface area contributed by atoms with Gasteiger partial charge in [-0.25, -0.2) is 0 Å². The summed E-state index contributed by atoms with van der Waals surface area (Å²) in [5.74, 6) is 0.518. The third-order valence-corrected chi connectivity index (χ3v) is 4.14. The van der Waals surface area contributed by atoms with Gasteiger partial charge in [0.2, 0.25) is 0 Å². The number of carbonyl (C=O) groups excluding carboxylic acids is 1. The predicted octanol–water partition coefficient (Wildman–Crippen LogP) is 3.79. The van der Waals surface area contributed by atoms with Gasteiger partial charge in [-0.15, -0.1) is 0 Å². The summed E-state index contributed by atoms with van der Waals surface area (Å²) in [6.45, 7) is 4.31. The van der Waals surface area contributed by atoms with Crippen LogP contribution >= 0.6 is 38.5 Å². The van der Waals surface area contributed by atoms with Crippen molar-refractivity contribution in [1.29, 1.82) is 0 Å². The van der Waals surface area contributed by atoms with Crippen LogP contribution in [0.5, 0.6) is 0 Å². The lowest BCUT2D eigenvalue weighted by Crippen LogP contribution is -1.98. The molecule has 0 N–H and O–H groups in total. The van der Waals surface area contributed by atoms with Crippen molar-refractivity contribution >= 4 is 44.8 Å². The van der Waals surface area contributed by atoms with Crippen LogP contribution in [0.1, 0.15) is 16.2 Å². The number of rotatable bonds is 7. The van der Waals surface area contributed by atoms with Gasteiger partial charge in [-0.05, 0) is 25.6 Å². The number of nitrogens with zero attached hydrogens (tertiary/aromatic N) is 1. The van der Waals surface area contributed by atoms with Gasteiger partial charge in [0.05, 0.1) is 6.61 Å². The summed E-state index contributed by atoms with van der Waals surface area (Å²) >= 11 is 5.55. The molecule has 18 heavy (non-hydrogen) atoms. The van der Waals surface area contributed by atoms with Crippen molar-refractivity contribution < 1.29 is 14.1 Å². The summed E-state index contributed by atoms with van der Waals surface area (Å²) < 4.78 is 13.2. The van der Waals surface area contributed by atoms with Gasteiger partial charge in [-0.3, -0.25) is 4.79 Å². The molecule has 0 atom stereocenters. The van der Waals surface area contributed by atoms with Crippen molar-refractivity contribution in [2.75, 3.05) is 6.61 Å². The van der Waals surface area contributed by atoms with E-state index < -0.39 is 0 Å². The van der Waals surface area contributed by atoms with Gasteiger partial charge in [-0.2, -0.15) is 0 Å². The molecule has 0 bridgehead atoms.